The monoisotopic (exact) mass is 497 g/mol. The zero-order chi connectivity index (χ0) is 25.0. The summed E-state index contributed by atoms with van der Waals surface area (Å²) in [5.41, 5.74) is 4.99. The van der Waals surface area contributed by atoms with Crippen molar-refractivity contribution in [2.45, 2.75) is 31.1 Å². The topological polar surface area (TPSA) is 89.1 Å². The Bertz CT molecular complexity index is 1440. The quantitative estimate of drug-likeness (QED) is 0.566. The highest BCUT2D eigenvalue weighted by Crippen LogP contribution is 2.54. The van der Waals surface area contributed by atoms with E-state index in [2.05, 4.69) is 16.7 Å². The Balaban J connectivity index is 1.10. The SMILES string of the molecule is O=C(NCCN1C(=O)C2(COc3cc4c(cc32)OCO4)c2ccccc21)Nc1cccc2c1CCCC2. The summed E-state index contributed by atoms with van der Waals surface area (Å²) < 4.78 is 17.1. The molecule has 1 unspecified atom stereocenters. The van der Waals surface area contributed by atoms with E-state index in [4.69, 9.17) is 14.2 Å². The largest absolute Gasteiger partial charge is 0.491 e. The second-order valence-electron chi connectivity index (χ2n) is 9.90. The van der Waals surface area contributed by atoms with Crippen LogP contribution >= 0.6 is 0 Å². The second-order valence-corrected chi connectivity index (χ2v) is 9.90. The Kier molecular flexibility index (Phi) is 5.02. The van der Waals surface area contributed by atoms with Gasteiger partial charge in [0.05, 0.1) is 0 Å². The molecule has 3 aromatic carbocycles. The minimum Gasteiger partial charge on any atom is -0.491 e. The zero-order valence-electron chi connectivity index (χ0n) is 20.3. The van der Waals surface area contributed by atoms with Crippen LogP contribution in [0.3, 0.4) is 0 Å². The number of ether oxygens (including phenoxy) is 3. The van der Waals surface area contributed by atoms with Gasteiger partial charge in [0.1, 0.15) is 17.8 Å². The number of hydrogen-bond acceptors (Lipinski definition) is 5. The third-order valence-corrected chi connectivity index (χ3v) is 7.91. The molecule has 1 aliphatic carbocycles. The number of anilines is 2. The van der Waals surface area contributed by atoms with Crippen LogP contribution in [-0.4, -0.2) is 38.4 Å². The molecule has 37 heavy (non-hydrogen) atoms. The third kappa shape index (κ3) is 3.35. The number of nitrogens with one attached hydrogen (secondary N) is 2. The van der Waals surface area contributed by atoms with Gasteiger partial charge in [-0.2, -0.15) is 0 Å². The van der Waals surface area contributed by atoms with Crippen LogP contribution in [0.5, 0.6) is 17.2 Å². The summed E-state index contributed by atoms with van der Waals surface area (Å²) in [5.74, 6) is 1.82. The summed E-state index contributed by atoms with van der Waals surface area (Å²) in [6.45, 7) is 1.02. The molecule has 3 aromatic rings. The van der Waals surface area contributed by atoms with Gasteiger partial charge in [-0.15, -0.1) is 0 Å². The highest BCUT2D eigenvalue weighted by atomic mass is 16.7. The molecule has 4 aliphatic rings. The molecular formula is C29H27N3O5. The summed E-state index contributed by atoms with van der Waals surface area (Å²) in [5, 5.41) is 5.95. The fourth-order valence-corrected chi connectivity index (χ4v) is 6.13. The van der Waals surface area contributed by atoms with Crippen molar-refractivity contribution < 1.29 is 23.8 Å². The van der Waals surface area contributed by atoms with Crippen molar-refractivity contribution in [3.8, 4) is 17.2 Å². The lowest BCUT2D eigenvalue weighted by atomic mass is 9.77. The number of benzene rings is 3. The van der Waals surface area contributed by atoms with Crippen molar-refractivity contribution in [2.24, 2.45) is 0 Å². The molecule has 8 heteroatoms. The van der Waals surface area contributed by atoms with Crippen molar-refractivity contribution in [1.82, 2.24) is 5.32 Å². The molecule has 0 aromatic heterocycles. The van der Waals surface area contributed by atoms with Crippen LogP contribution in [0, 0.1) is 0 Å². The summed E-state index contributed by atoms with van der Waals surface area (Å²) in [4.78, 5) is 28.5. The second kappa shape index (κ2) is 8.44. The maximum Gasteiger partial charge on any atom is 0.319 e. The van der Waals surface area contributed by atoms with E-state index in [1.54, 1.807) is 11.0 Å². The predicted octanol–water partition coefficient (Wildman–Crippen LogP) is 4.14. The van der Waals surface area contributed by atoms with E-state index in [9.17, 15) is 9.59 Å². The summed E-state index contributed by atoms with van der Waals surface area (Å²) >= 11 is 0. The summed E-state index contributed by atoms with van der Waals surface area (Å²) in [6.07, 6.45) is 4.37. The molecule has 188 valence electrons. The predicted molar refractivity (Wildman–Crippen MR) is 138 cm³/mol. The minimum atomic E-state index is -0.946. The van der Waals surface area contributed by atoms with E-state index < -0.39 is 5.41 Å². The van der Waals surface area contributed by atoms with E-state index in [-0.39, 0.29) is 25.3 Å². The van der Waals surface area contributed by atoms with Crippen LogP contribution in [0.15, 0.2) is 54.6 Å². The minimum absolute atomic E-state index is 0.0642. The number of carbonyl (C=O) groups excluding carboxylic acids is 2. The van der Waals surface area contributed by atoms with E-state index in [1.807, 2.05) is 42.5 Å². The van der Waals surface area contributed by atoms with Gasteiger partial charge in [0.25, 0.3) is 0 Å². The van der Waals surface area contributed by atoms with Crippen LogP contribution in [0.2, 0.25) is 0 Å². The molecular weight excluding hydrogens is 470 g/mol. The molecule has 8 nitrogen and oxygen atoms in total. The number of aryl methyl sites for hydroxylation is 1. The number of amides is 3. The number of para-hydroxylation sites is 1. The number of urea groups is 1. The lowest BCUT2D eigenvalue weighted by Crippen LogP contribution is -2.45. The van der Waals surface area contributed by atoms with Crippen LogP contribution in [0.25, 0.3) is 0 Å². The maximum atomic E-state index is 14.0. The lowest BCUT2D eigenvalue weighted by molar-refractivity contribution is -0.122. The van der Waals surface area contributed by atoms with Gasteiger partial charge in [0.15, 0.2) is 11.5 Å². The van der Waals surface area contributed by atoms with Gasteiger partial charge in [0, 0.05) is 36.1 Å². The molecule has 0 saturated heterocycles. The fourth-order valence-electron chi connectivity index (χ4n) is 6.13. The van der Waals surface area contributed by atoms with Gasteiger partial charge in [0.2, 0.25) is 12.7 Å². The van der Waals surface area contributed by atoms with Crippen LogP contribution in [0.4, 0.5) is 16.2 Å². The van der Waals surface area contributed by atoms with Crippen LogP contribution < -0.4 is 29.7 Å². The Morgan fingerprint density at radius 1 is 0.919 bits per heavy atom. The number of carbonyl (C=O) groups is 2. The van der Waals surface area contributed by atoms with Gasteiger partial charge >= 0.3 is 6.03 Å². The first kappa shape index (κ1) is 22.0. The molecule has 3 heterocycles. The molecule has 7 rings (SSSR count). The highest BCUT2D eigenvalue weighted by molar-refractivity contribution is 6.11. The van der Waals surface area contributed by atoms with E-state index >= 15 is 0 Å². The van der Waals surface area contributed by atoms with Crippen molar-refractivity contribution in [2.75, 3.05) is 36.7 Å². The number of fused-ring (bicyclic) bond motifs is 6. The molecule has 3 aliphatic heterocycles. The molecule has 1 spiro atoms. The van der Waals surface area contributed by atoms with E-state index in [0.717, 1.165) is 41.8 Å². The summed E-state index contributed by atoms with van der Waals surface area (Å²) in [6, 6.07) is 17.3. The Labute approximate surface area is 214 Å². The average Bonchev–Trinajstić information content (AvgIpc) is 3.60. The molecule has 0 saturated carbocycles. The van der Waals surface area contributed by atoms with Crippen molar-refractivity contribution in [3.05, 3.63) is 76.9 Å². The molecule has 3 amide bonds. The molecule has 1 atom stereocenters. The zero-order valence-corrected chi connectivity index (χ0v) is 20.3. The molecule has 0 fully saturated rings. The summed E-state index contributed by atoms with van der Waals surface area (Å²) in [7, 11) is 0. The number of hydrogen-bond donors (Lipinski definition) is 2. The molecule has 0 bridgehead atoms. The fraction of sp³-hybridized carbons (Fsp3) is 0.310. The van der Waals surface area contributed by atoms with Crippen LogP contribution in [-0.2, 0) is 23.1 Å². The Hall–Kier alpha value is -4.20. The Morgan fingerprint density at radius 2 is 1.76 bits per heavy atom. The normalized spacial score (nSPS) is 20.3. The average molecular weight is 498 g/mol. The van der Waals surface area contributed by atoms with Gasteiger partial charge in [-0.1, -0.05) is 30.3 Å². The van der Waals surface area contributed by atoms with Crippen molar-refractivity contribution in [3.63, 3.8) is 0 Å². The number of nitrogens with zero attached hydrogens (tertiary/aromatic N) is 1. The van der Waals surface area contributed by atoms with Gasteiger partial charge in [-0.25, -0.2) is 4.79 Å². The van der Waals surface area contributed by atoms with E-state index in [0.29, 0.717) is 30.3 Å². The first-order chi connectivity index (χ1) is 18.1. The first-order valence-electron chi connectivity index (χ1n) is 12.8. The van der Waals surface area contributed by atoms with Crippen LogP contribution in [0.1, 0.15) is 35.1 Å². The number of rotatable bonds is 4. The van der Waals surface area contributed by atoms with Crippen molar-refractivity contribution in [1.29, 1.82) is 0 Å². The third-order valence-electron chi connectivity index (χ3n) is 7.91. The van der Waals surface area contributed by atoms with Gasteiger partial charge in [-0.05, 0) is 60.6 Å². The molecule has 0 radical (unpaired) electrons. The van der Waals surface area contributed by atoms with Crippen molar-refractivity contribution >= 4 is 23.3 Å². The molecule has 2 N–H and O–H groups in total. The van der Waals surface area contributed by atoms with Gasteiger partial charge in [-0.3, -0.25) is 4.79 Å². The van der Waals surface area contributed by atoms with E-state index in [1.165, 1.54) is 17.5 Å². The highest BCUT2D eigenvalue weighted by Gasteiger charge is 2.57. The standard InChI is InChI=1S/C29H27N3O5/c33-27-29(16-35-24-15-26-25(14-21(24)29)36-17-37-26)20-9-3-4-11-23(20)32(27)13-12-30-28(34)31-22-10-5-7-18-6-1-2-8-19(18)22/h3-5,7,9-11,14-15H,1-2,6,8,12-13,16-17H2,(H2,30,31,34). The maximum absolute atomic E-state index is 14.0. The Morgan fingerprint density at radius 3 is 2.68 bits per heavy atom. The smallest absolute Gasteiger partial charge is 0.319 e. The first-order valence-corrected chi connectivity index (χ1v) is 12.8. The lowest BCUT2D eigenvalue weighted by Gasteiger charge is -2.23. The van der Waals surface area contributed by atoms with Gasteiger partial charge < -0.3 is 29.7 Å².